The molecule has 0 saturated carbocycles. The number of benzene rings is 2. The highest BCUT2D eigenvalue weighted by molar-refractivity contribution is 6.47. The first-order valence-corrected chi connectivity index (χ1v) is 8.79. The number of nitrogens with zero attached hydrogens (tertiary/aromatic N) is 2. The van der Waals surface area contributed by atoms with Gasteiger partial charge in [0.25, 0.3) is 5.91 Å². The van der Waals surface area contributed by atoms with Gasteiger partial charge in [-0.3, -0.25) is 14.6 Å². The van der Waals surface area contributed by atoms with Crippen LogP contribution >= 0.6 is 11.6 Å². The Morgan fingerprint density at radius 3 is 2.59 bits per heavy atom. The van der Waals surface area contributed by atoms with E-state index in [1.54, 1.807) is 69.5 Å². The van der Waals surface area contributed by atoms with Crippen LogP contribution in [0.1, 0.15) is 19.4 Å². The third kappa shape index (κ3) is 4.11. The van der Waals surface area contributed by atoms with Crippen molar-refractivity contribution in [3.63, 3.8) is 0 Å². The number of carbonyl (C=O) groups excluding carboxylic acids is 2. The first-order valence-electron chi connectivity index (χ1n) is 8.42. The molecule has 0 atom stereocenters. The summed E-state index contributed by atoms with van der Waals surface area (Å²) < 4.78 is 5.15. The van der Waals surface area contributed by atoms with Gasteiger partial charge in [-0.25, -0.2) is 0 Å². The van der Waals surface area contributed by atoms with Gasteiger partial charge in [-0.05, 0) is 38.1 Å². The number of nitrogens with one attached hydrogen (secondary N) is 1. The van der Waals surface area contributed by atoms with Crippen molar-refractivity contribution in [2.75, 3.05) is 19.0 Å². The van der Waals surface area contributed by atoms with Crippen LogP contribution in [-0.2, 0) is 9.59 Å². The maximum Gasteiger partial charge on any atom is 0.275 e. The zero-order valence-electron chi connectivity index (χ0n) is 15.3. The number of hydrogen-bond acceptors (Lipinski definition) is 4. The van der Waals surface area contributed by atoms with E-state index in [0.29, 0.717) is 27.7 Å². The summed E-state index contributed by atoms with van der Waals surface area (Å²) in [7, 11) is 1.56. The van der Waals surface area contributed by atoms with Gasteiger partial charge in [0.05, 0.1) is 7.11 Å². The van der Waals surface area contributed by atoms with Gasteiger partial charge < -0.3 is 15.0 Å². The molecule has 0 aliphatic carbocycles. The van der Waals surface area contributed by atoms with E-state index in [2.05, 4.69) is 10.3 Å². The van der Waals surface area contributed by atoms with Crippen LogP contribution in [0.15, 0.2) is 53.5 Å². The van der Waals surface area contributed by atoms with Crippen LogP contribution in [0.2, 0.25) is 5.02 Å². The van der Waals surface area contributed by atoms with Gasteiger partial charge in [0, 0.05) is 22.3 Å². The van der Waals surface area contributed by atoms with E-state index in [9.17, 15) is 9.59 Å². The average Bonchev–Trinajstić information content (AvgIpc) is 2.86. The molecule has 140 valence electrons. The Morgan fingerprint density at radius 1 is 1.22 bits per heavy atom. The van der Waals surface area contributed by atoms with E-state index in [1.165, 1.54) is 4.90 Å². The minimum absolute atomic E-state index is 0.108. The predicted molar refractivity (Wildman–Crippen MR) is 105 cm³/mol. The lowest BCUT2D eigenvalue weighted by Gasteiger charge is -2.28. The van der Waals surface area contributed by atoms with Crippen molar-refractivity contribution in [3.8, 4) is 5.75 Å². The highest BCUT2D eigenvalue weighted by atomic mass is 35.5. The van der Waals surface area contributed by atoms with Gasteiger partial charge in [0.2, 0.25) is 5.91 Å². The van der Waals surface area contributed by atoms with Crippen LogP contribution in [0, 0.1) is 0 Å². The lowest BCUT2D eigenvalue weighted by Crippen LogP contribution is -2.46. The fourth-order valence-electron chi connectivity index (χ4n) is 2.86. The van der Waals surface area contributed by atoms with E-state index < -0.39 is 5.66 Å². The van der Waals surface area contributed by atoms with Crippen molar-refractivity contribution in [1.29, 1.82) is 0 Å². The molecule has 7 heteroatoms. The number of rotatable bonds is 5. The maximum absolute atomic E-state index is 12.9. The third-order valence-corrected chi connectivity index (χ3v) is 4.52. The molecule has 0 saturated heterocycles. The predicted octanol–water partition coefficient (Wildman–Crippen LogP) is 3.35. The Kier molecular flexibility index (Phi) is 5.19. The SMILES string of the molecule is COc1cccc(NC(=O)CN2C(=O)C(c3ccc(Cl)cc3)=NC2(C)C)c1. The molecule has 0 fully saturated rings. The summed E-state index contributed by atoms with van der Waals surface area (Å²) in [5, 5.41) is 3.36. The number of halogens is 1. The molecule has 0 bridgehead atoms. The molecular weight excluding hydrogens is 366 g/mol. The highest BCUT2D eigenvalue weighted by Crippen LogP contribution is 2.27. The summed E-state index contributed by atoms with van der Waals surface area (Å²) in [6, 6.07) is 13.9. The van der Waals surface area contributed by atoms with Crippen molar-refractivity contribution in [3.05, 3.63) is 59.1 Å². The number of aliphatic imine (C=N–C) groups is 1. The zero-order valence-corrected chi connectivity index (χ0v) is 16.1. The molecule has 0 spiro atoms. The lowest BCUT2D eigenvalue weighted by molar-refractivity contribution is -0.131. The number of methoxy groups -OCH3 is 1. The molecule has 1 heterocycles. The van der Waals surface area contributed by atoms with E-state index >= 15 is 0 Å². The van der Waals surface area contributed by atoms with Gasteiger partial charge >= 0.3 is 0 Å². The molecular formula is C20H20ClN3O3. The largest absolute Gasteiger partial charge is 0.497 e. The topological polar surface area (TPSA) is 71.0 Å². The second-order valence-corrected chi connectivity index (χ2v) is 7.07. The standard InChI is InChI=1S/C20H20ClN3O3/c1-20(2)23-18(13-7-9-14(21)10-8-13)19(26)24(20)12-17(25)22-15-5-4-6-16(11-15)27-3/h4-11H,12H2,1-3H3,(H,22,25). The molecule has 1 N–H and O–H groups in total. The van der Waals surface area contributed by atoms with E-state index in [0.717, 1.165) is 0 Å². The van der Waals surface area contributed by atoms with Gasteiger partial charge in [-0.2, -0.15) is 0 Å². The normalized spacial score (nSPS) is 15.5. The number of amides is 2. The molecule has 1 aliphatic rings. The summed E-state index contributed by atoms with van der Waals surface area (Å²) in [5.41, 5.74) is 0.777. The molecule has 27 heavy (non-hydrogen) atoms. The molecule has 0 aromatic heterocycles. The van der Waals surface area contributed by atoms with Crippen LogP contribution < -0.4 is 10.1 Å². The molecule has 3 rings (SSSR count). The molecule has 0 unspecified atom stereocenters. The van der Waals surface area contributed by atoms with Crippen LogP contribution in [0.25, 0.3) is 0 Å². The van der Waals surface area contributed by atoms with Gasteiger partial charge in [-0.15, -0.1) is 0 Å². The fraction of sp³-hybridized carbons (Fsp3) is 0.250. The Labute approximate surface area is 162 Å². The monoisotopic (exact) mass is 385 g/mol. The molecule has 2 aromatic carbocycles. The van der Waals surface area contributed by atoms with Crippen molar-refractivity contribution in [1.82, 2.24) is 4.90 Å². The summed E-state index contributed by atoms with van der Waals surface area (Å²) >= 11 is 5.91. The highest BCUT2D eigenvalue weighted by Gasteiger charge is 2.41. The quantitative estimate of drug-likeness (QED) is 0.857. The van der Waals surface area contributed by atoms with E-state index in [4.69, 9.17) is 16.3 Å². The van der Waals surface area contributed by atoms with Crippen molar-refractivity contribution < 1.29 is 14.3 Å². The minimum atomic E-state index is -0.822. The Bertz CT molecular complexity index is 907. The molecule has 2 amide bonds. The second-order valence-electron chi connectivity index (χ2n) is 6.63. The van der Waals surface area contributed by atoms with Gasteiger partial charge in [0.1, 0.15) is 23.7 Å². The van der Waals surface area contributed by atoms with E-state index in [1.807, 2.05) is 0 Å². The Morgan fingerprint density at radius 2 is 1.93 bits per heavy atom. The first-order chi connectivity index (χ1) is 12.8. The first kappa shape index (κ1) is 18.9. The Balaban J connectivity index is 1.74. The van der Waals surface area contributed by atoms with Crippen LogP contribution in [-0.4, -0.2) is 41.7 Å². The molecule has 2 aromatic rings. The summed E-state index contributed by atoms with van der Waals surface area (Å²) in [5.74, 6) is 0.0408. The van der Waals surface area contributed by atoms with Crippen LogP contribution in [0.3, 0.4) is 0 Å². The van der Waals surface area contributed by atoms with Crippen LogP contribution in [0.4, 0.5) is 5.69 Å². The second kappa shape index (κ2) is 7.40. The van der Waals surface area contributed by atoms with Gasteiger partial charge in [0.15, 0.2) is 0 Å². The van der Waals surface area contributed by atoms with Crippen LogP contribution in [0.5, 0.6) is 5.75 Å². The third-order valence-electron chi connectivity index (χ3n) is 4.27. The van der Waals surface area contributed by atoms with Crippen molar-refractivity contribution >= 4 is 34.8 Å². The average molecular weight is 386 g/mol. The van der Waals surface area contributed by atoms with Crippen molar-refractivity contribution in [2.45, 2.75) is 19.5 Å². The zero-order chi connectivity index (χ0) is 19.6. The minimum Gasteiger partial charge on any atom is -0.497 e. The molecule has 6 nitrogen and oxygen atoms in total. The fourth-order valence-corrected chi connectivity index (χ4v) is 2.99. The maximum atomic E-state index is 12.9. The molecule has 0 radical (unpaired) electrons. The summed E-state index contributed by atoms with van der Waals surface area (Å²) in [6.07, 6.45) is 0. The smallest absolute Gasteiger partial charge is 0.275 e. The lowest BCUT2D eigenvalue weighted by atomic mass is 10.1. The van der Waals surface area contributed by atoms with Crippen molar-refractivity contribution in [2.24, 2.45) is 4.99 Å². The van der Waals surface area contributed by atoms with Gasteiger partial charge in [-0.1, -0.05) is 29.8 Å². The number of hydrogen-bond donors (Lipinski definition) is 1. The number of anilines is 1. The number of ether oxygens (including phenoxy) is 1. The Hall–Kier alpha value is -2.86. The van der Waals surface area contributed by atoms with E-state index in [-0.39, 0.29) is 18.4 Å². The summed E-state index contributed by atoms with van der Waals surface area (Å²) in [4.78, 5) is 31.3. The molecule has 1 aliphatic heterocycles. The summed E-state index contributed by atoms with van der Waals surface area (Å²) in [6.45, 7) is 3.49. The number of carbonyl (C=O) groups is 2.